The third kappa shape index (κ3) is 1.88. The van der Waals surface area contributed by atoms with Crippen molar-refractivity contribution in [1.29, 1.82) is 0 Å². The lowest BCUT2D eigenvalue weighted by atomic mass is 9.83. The molecule has 110 valence electrons. The third-order valence-corrected chi connectivity index (χ3v) is 5.44. The molecule has 1 aliphatic carbocycles. The van der Waals surface area contributed by atoms with Crippen LogP contribution in [0.1, 0.15) is 68.9 Å². The second-order valence-electron chi connectivity index (χ2n) is 6.81. The second-order valence-corrected chi connectivity index (χ2v) is 6.81. The molecular formula is C16H25N3O. The molecule has 4 unspecified atom stereocenters. The summed E-state index contributed by atoms with van der Waals surface area (Å²) in [7, 11) is 0. The van der Waals surface area contributed by atoms with Gasteiger partial charge in [0.2, 0.25) is 0 Å². The zero-order valence-electron chi connectivity index (χ0n) is 12.6. The SMILES string of the molecule is Cc1c(C2CCC(C)O2)nn2c1NCC1CCCCC12. The average molecular weight is 275 g/mol. The summed E-state index contributed by atoms with van der Waals surface area (Å²) in [6.07, 6.45) is 8.25. The maximum Gasteiger partial charge on any atom is 0.127 e. The van der Waals surface area contributed by atoms with E-state index in [1.807, 2.05) is 0 Å². The molecule has 0 amide bonds. The Morgan fingerprint density at radius 3 is 2.85 bits per heavy atom. The minimum atomic E-state index is 0.215. The highest BCUT2D eigenvalue weighted by Gasteiger charge is 2.36. The van der Waals surface area contributed by atoms with E-state index in [-0.39, 0.29) is 6.10 Å². The minimum Gasteiger partial charge on any atom is -0.370 e. The van der Waals surface area contributed by atoms with Crippen molar-refractivity contribution >= 4 is 5.82 Å². The van der Waals surface area contributed by atoms with Crippen LogP contribution in [0.4, 0.5) is 5.82 Å². The molecule has 1 saturated heterocycles. The Balaban J connectivity index is 1.68. The molecule has 1 saturated carbocycles. The third-order valence-electron chi connectivity index (χ3n) is 5.44. The van der Waals surface area contributed by atoms with Crippen LogP contribution in [0, 0.1) is 12.8 Å². The summed E-state index contributed by atoms with van der Waals surface area (Å²) >= 11 is 0. The van der Waals surface area contributed by atoms with E-state index in [1.54, 1.807) is 0 Å². The van der Waals surface area contributed by atoms with Crippen LogP contribution in [0.5, 0.6) is 0 Å². The van der Waals surface area contributed by atoms with Crippen molar-refractivity contribution < 1.29 is 4.74 Å². The number of nitrogens with zero attached hydrogens (tertiary/aromatic N) is 2. The molecule has 4 atom stereocenters. The maximum absolute atomic E-state index is 6.04. The zero-order valence-corrected chi connectivity index (χ0v) is 12.6. The topological polar surface area (TPSA) is 39.1 Å². The summed E-state index contributed by atoms with van der Waals surface area (Å²) in [4.78, 5) is 0. The number of ether oxygens (including phenoxy) is 1. The van der Waals surface area contributed by atoms with E-state index >= 15 is 0 Å². The monoisotopic (exact) mass is 275 g/mol. The van der Waals surface area contributed by atoms with Gasteiger partial charge in [0.05, 0.1) is 17.8 Å². The van der Waals surface area contributed by atoms with Crippen molar-refractivity contribution in [3.63, 3.8) is 0 Å². The molecule has 1 N–H and O–H groups in total. The van der Waals surface area contributed by atoms with Crippen LogP contribution in [-0.4, -0.2) is 22.4 Å². The molecule has 3 heterocycles. The lowest BCUT2D eigenvalue weighted by molar-refractivity contribution is 0.0518. The molecule has 20 heavy (non-hydrogen) atoms. The number of anilines is 1. The zero-order chi connectivity index (χ0) is 13.7. The van der Waals surface area contributed by atoms with E-state index in [9.17, 15) is 0 Å². The lowest BCUT2D eigenvalue weighted by Gasteiger charge is -2.37. The van der Waals surface area contributed by atoms with Gasteiger partial charge in [0.25, 0.3) is 0 Å². The van der Waals surface area contributed by atoms with Gasteiger partial charge in [-0.3, -0.25) is 0 Å². The Labute approximate surface area is 120 Å². The van der Waals surface area contributed by atoms with E-state index in [1.165, 1.54) is 42.8 Å². The van der Waals surface area contributed by atoms with Gasteiger partial charge in [0.15, 0.2) is 0 Å². The smallest absolute Gasteiger partial charge is 0.127 e. The van der Waals surface area contributed by atoms with E-state index in [0.717, 1.165) is 25.3 Å². The Bertz CT molecular complexity index is 510. The maximum atomic E-state index is 6.04. The Morgan fingerprint density at radius 1 is 1.20 bits per heavy atom. The van der Waals surface area contributed by atoms with Gasteiger partial charge in [0, 0.05) is 12.1 Å². The van der Waals surface area contributed by atoms with Crippen LogP contribution in [0.25, 0.3) is 0 Å². The quantitative estimate of drug-likeness (QED) is 0.851. The molecule has 4 rings (SSSR count). The fourth-order valence-corrected chi connectivity index (χ4v) is 4.27. The first-order valence-electron chi connectivity index (χ1n) is 8.22. The highest BCUT2D eigenvalue weighted by Crippen LogP contribution is 2.43. The van der Waals surface area contributed by atoms with Gasteiger partial charge in [-0.1, -0.05) is 12.8 Å². The summed E-state index contributed by atoms with van der Waals surface area (Å²) in [5.74, 6) is 2.03. The fourth-order valence-electron chi connectivity index (χ4n) is 4.27. The summed E-state index contributed by atoms with van der Waals surface area (Å²) in [5, 5.41) is 8.61. The molecule has 0 aromatic carbocycles. The van der Waals surface area contributed by atoms with Crippen molar-refractivity contribution in [3.05, 3.63) is 11.3 Å². The molecular weight excluding hydrogens is 250 g/mol. The summed E-state index contributed by atoms with van der Waals surface area (Å²) in [6.45, 7) is 5.50. The van der Waals surface area contributed by atoms with E-state index in [2.05, 4.69) is 23.8 Å². The molecule has 2 fully saturated rings. The van der Waals surface area contributed by atoms with Crippen LogP contribution >= 0.6 is 0 Å². The number of nitrogens with one attached hydrogen (secondary N) is 1. The van der Waals surface area contributed by atoms with Gasteiger partial charge in [-0.05, 0) is 45.4 Å². The first-order chi connectivity index (χ1) is 9.74. The van der Waals surface area contributed by atoms with E-state index < -0.39 is 0 Å². The summed E-state index contributed by atoms with van der Waals surface area (Å²) < 4.78 is 8.33. The van der Waals surface area contributed by atoms with Crippen LogP contribution in [0.15, 0.2) is 0 Å². The predicted octanol–water partition coefficient (Wildman–Crippen LogP) is 3.59. The van der Waals surface area contributed by atoms with Crippen LogP contribution in [0.3, 0.4) is 0 Å². The van der Waals surface area contributed by atoms with Crippen LogP contribution < -0.4 is 5.32 Å². The van der Waals surface area contributed by atoms with Crippen molar-refractivity contribution in [2.75, 3.05) is 11.9 Å². The molecule has 0 spiro atoms. The first kappa shape index (κ1) is 12.7. The molecule has 1 aromatic heterocycles. The fraction of sp³-hybridized carbons (Fsp3) is 0.812. The number of rotatable bonds is 1. The molecule has 3 aliphatic rings. The van der Waals surface area contributed by atoms with Gasteiger partial charge in [-0.25, -0.2) is 4.68 Å². The molecule has 4 heteroatoms. The van der Waals surface area contributed by atoms with E-state index in [4.69, 9.17) is 9.84 Å². The minimum absolute atomic E-state index is 0.215. The van der Waals surface area contributed by atoms with Crippen LogP contribution in [-0.2, 0) is 4.74 Å². The molecule has 0 radical (unpaired) electrons. The van der Waals surface area contributed by atoms with Crippen molar-refractivity contribution in [1.82, 2.24) is 9.78 Å². The van der Waals surface area contributed by atoms with Gasteiger partial charge >= 0.3 is 0 Å². The summed E-state index contributed by atoms with van der Waals surface area (Å²) in [6, 6.07) is 0.617. The molecule has 1 aromatic rings. The molecule has 0 bridgehead atoms. The summed E-state index contributed by atoms with van der Waals surface area (Å²) in [5.41, 5.74) is 2.50. The molecule has 4 nitrogen and oxygen atoms in total. The standard InChI is InChI=1S/C16H25N3O/c1-10-7-8-14(20-10)15-11(2)16-17-9-12-5-3-4-6-13(12)19(16)18-15/h10,12-14,17H,3-9H2,1-2H3. The number of hydrogen-bond acceptors (Lipinski definition) is 3. The van der Waals surface area contributed by atoms with Gasteiger partial charge < -0.3 is 10.1 Å². The first-order valence-corrected chi connectivity index (χ1v) is 8.22. The number of fused-ring (bicyclic) bond motifs is 3. The Morgan fingerprint density at radius 2 is 2.05 bits per heavy atom. The van der Waals surface area contributed by atoms with Crippen LogP contribution in [0.2, 0.25) is 0 Å². The normalized spacial score (nSPS) is 36.3. The van der Waals surface area contributed by atoms with Crippen molar-refractivity contribution in [2.45, 2.75) is 70.6 Å². The highest BCUT2D eigenvalue weighted by atomic mass is 16.5. The lowest BCUT2D eigenvalue weighted by Crippen LogP contribution is -2.35. The molecule has 2 aliphatic heterocycles. The van der Waals surface area contributed by atoms with Gasteiger partial charge in [-0.2, -0.15) is 5.10 Å². The average Bonchev–Trinajstić information content (AvgIpc) is 3.03. The highest BCUT2D eigenvalue weighted by molar-refractivity contribution is 5.49. The number of aromatic nitrogens is 2. The largest absolute Gasteiger partial charge is 0.370 e. The van der Waals surface area contributed by atoms with Crippen molar-refractivity contribution in [2.24, 2.45) is 5.92 Å². The van der Waals surface area contributed by atoms with Gasteiger partial charge in [-0.15, -0.1) is 0 Å². The van der Waals surface area contributed by atoms with E-state index in [0.29, 0.717) is 12.1 Å². The Hall–Kier alpha value is -1.03. The van der Waals surface area contributed by atoms with Gasteiger partial charge in [0.1, 0.15) is 11.9 Å². The second kappa shape index (κ2) is 4.76. The number of hydrogen-bond donors (Lipinski definition) is 1. The predicted molar refractivity (Wildman–Crippen MR) is 79.0 cm³/mol. The van der Waals surface area contributed by atoms with Crippen molar-refractivity contribution in [3.8, 4) is 0 Å². The Kier molecular flexibility index (Phi) is 3.02.